The van der Waals surface area contributed by atoms with Gasteiger partial charge in [-0.25, -0.2) is 0 Å². The first-order valence-corrected chi connectivity index (χ1v) is 10.0. The molecule has 1 amide bonds. The number of halogens is 1. The van der Waals surface area contributed by atoms with E-state index in [0.29, 0.717) is 22.7 Å². The van der Waals surface area contributed by atoms with Crippen LogP contribution in [0.4, 0.5) is 0 Å². The Morgan fingerprint density at radius 2 is 2.00 bits per heavy atom. The number of nitrogens with one attached hydrogen (secondary N) is 1. The summed E-state index contributed by atoms with van der Waals surface area (Å²) in [5, 5.41) is 3.34. The van der Waals surface area contributed by atoms with Crippen molar-refractivity contribution in [3.63, 3.8) is 0 Å². The van der Waals surface area contributed by atoms with E-state index in [1.807, 2.05) is 0 Å². The van der Waals surface area contributed by atoms with Crippen LogP contribution in [0.25, 0.3) is 0 Å². The summed E-state index contributed by atoms with van der Waals surface area (Å²) in [6.07, 6.45) is 13.9. The van der Waals surface area contributed by atoms with Gasteiger partial charge in [-0.1, -0.05) is 41.3 Å². The molecule has 5 unspecified atom stereocenters. The number of carbonyl (C=O) groups is 1. The molecule has 122 valence electrons. The van der Waals surface area contributed by atoms with Gasteiger partial charge in [0.15, 0.2) is 0 Å². The number of hydrogen-bond donors (Lipinski definition) is 1. The van der Waals surface area contributed by atoms with Crippen molar-refractivity contribution >= 4 is 21.8 Å². The van der Waals surface area contributed by atoms with E-state index in [2.05, 4.69) is 32.2 Å². The van der Waals surface area contributed by atoms with Crippen molar-refractivity contribution < 1.29 is 4.79 Å². The summed E-state index contributed by atoms with van der Waals surface area (Å²) in [7, 11) is 0. The number of rotatable bonds is 1. The van der Waals surface area contributed by atoms with Crippen LogP contribution in [0, 0.1) is 11.8 Å². The number of nitrogens with zero attached hydrogens (tertiary/aromatic N) is 1. The van der Waals surface area contributed by atoms with Crippen molar-refractivity contribution in [1.29, 1.82) is 0 Å². The molecule has 3 nitrogen and oxygen atoms in total. The Balaban J connectivity index is 1.51. The van der Waals surface area contributed by atoms with E-state index < -0.39 is 0 Å². The van der Waals surface area contributed by atoms with Gasteiger partial charge in [0, 0.05) is 17.4 Å². The van der Waals surface area contributed by atoms with E-state index >= 15 is 0 Å². The zero-order valence-electron chi connectivity index (χ0n) is 13.3. The van der Waals surface area contributed by atoms with Gasteiger partial charge in [-0.05, 0) is 50.0 Å². The van der Waals surface area contributed by atoms with Crippen LogP contribution < -0.4 is 5.32 Å². The van der Waals surface area contributed by atoms with Crippen LogP contribution in [0.15, 0.2) is 11.6 Å². The summed E-state index contributed by atoms with van der Waals surface area (Å²) in [4.78, 5) is 15.8. The van der Waals surface area contributed by atoms with Crippen molar-refractivity contribution in [2.45, 2.75) is 74.8 Å². The minimum absolute atomic E-state index is 0.211. The third kappa shape index (κ3) is 2.77. The Labute approximate surface area is 142 Å². The Hall–Kier alpha value is -0.350. The molecule has 2 aliphatic carbocycles. The molecule has 0 spiro atoms. The average molecular weight is 367 g/mol. The maximum Gasteiger partial charge on any atom is 0.226 e. The van der Waals surface area contributed by atoms with E-state index in [-0.39, 0.29) is 12.1 Å². The van der Waals surface area contributed by atoms with E-state index in [1.54, 1.807) is 0 Å². The van der Waals surface area contributed by atoms with Crippen molar-refractivity contribution in [2.24, 2.45) is 11.8 Å². The van der Waals surface area contributed by atoms with Crippen molar-refractivity contribution in [2.75, 3.05) is 6.54 Å². The van der Waals surface area contributed by atoms with E-state index in [0.717, 1.165) is 19.4 Å². The maximum absolute atomic E-state index is 12.5. The number of alkyl halides is 1. The van der Waals surface area contributed by atoms with Gasteiger partial charge in [0.25, 0.3) is 0 Å². The molecule has 4 fully saturated rings. The van der Waals surface area contributed by atoms with E-state index in [4.69, 9.17) is 0 Å². The summed E-state index contributed by atoms with van der Waals surface area (Å²) < 4.78 is 0. The number of amides is 1. The van der Waals surface area contributed by atoms with Gasteiger partial charge < -0.3 is 5.32 Å². The monoisotopic (exact) mass is 366 g/mol. The molecule has 2 saturated carbocycles. The summed E-state index contributed by atoms with van der Waals surface area (Å²) in [5.74, 6) is 1.28. The summed E-state index contributed by atoms with van der Waals surface area (Å²) in [6.45, 7) is 1.14. The molecule has 1 N–H and O–H groups in total. The molecule has 2 heterocycles. The second-order valence-corrected chi connectivity index (χ2v) is 8.92. The topological polar surface area (TPSA) is 32.3 Å². The second kappa shape index (κ2) is 6.27. The van der Waals surface area contributed by atoms with Crippen LogP contribution in [0.1, 0.15) is 57.8 Å². The lowest BCUT2D eigenvalue weighted by Crippen LogP contribution is -2.61. The Bertz CT molecular complexity index is 478. The highest BCUT2D eigenvalue weighted by Crippen LogP contribution is 2.39. The van der Waals surface area contributed by atoms with Crippen molar-refractivity contribution in [1.82, 2.24) is 10.2 Å². The first-order valence-electron chi connectivity index (χ1n) is 9.13. The molecule has 0 aromatic heterocycles. The van der Waals surface area contributed by atoms with Crippen LogP contribution in [0.3, 0.4) is 0 Å². The van der Waals surface area contributed by atoms with Gasteiger partial charge in [-0.2, -0.15) is 0 Å². The fourth-order valence-electron chi connectivity index (χ4n) is 5.12. The van der Waals surface area contributed by atoms with Gasteiger partial charge in [0.1, 0.15) is 6.17 Å². The Morgan fingerprint density at radius 1 is 1.14 bits per heavy atom. The van der Waals surface area contributed by atoms with Crippen LogP contribution in [-0.4, -0.2) is 34.4 Å². The Kier molecular flexibility index (Phi) is 4.33. The first-order chi connectivity index (χ1) is 10.7. The number of fused-ring (bicyclic) bond motifs is 3. The normalized spacial score (nSPS) is 44.5. The highest BCUT2D eigenvalue weighted by Gasteiger charge is 2.46. The third-order valence-electron chi connectivity index (χ3n) is 6.21. The lowest BCUT2D eigenvalue weighted by atomic mass is 9.81. The van der Waals surface area contributed by atoms with Crippen LogP contribution in [0.5, 0.6) is 0 Å². The SMILES string of the molecule is O=C1NC2/C(=C/C3CCCC(Br)C3)CCN2C2CCCCC12. The summed E-state index contributed by atoms with van der Waals surface area (Å²) in [5.41, 5.74) is 1.49. The van der Waals surface area contributed by atoms with Crippen LogP contribution >= 0.6 is 15.9 Å². The van der Waals surface area contributed by atoms with Crippen LogP contribution in [-0.2, 0) is 4.79 Å². The molecular weight excluding hydrogens is 340 g/mol. The Morgan fingerprint density at radius 3 is 2.86 bits per heavy atom. The van der Waals surface area contributed by atoms with E-state index in [9.17, 15) is 4.79 Å². The maximum atomic E-state index is 12.5. The zero-order chi connectivity index (χ0) is 15.1. The molecule has 0 radical (unpaired) electrons. The molecular formula is C18H27BrN2O. The molecule has 0 aromatic carbocycles. The van der Waals surface area contributed by atoms with Crippen LogP contribution in [0.2, 0.25) is 0 Å². The number of hydrogen-bond acceptors (Lipinski definition) is 2. The van der Waals surface area contributed by atoms with E-state index in [1.165, 1.54) is 50.5 Å². The number of allylic oxidation sites excluding steroid dienone is 1. The number of carbonyl (C=O) groups excluding carboxylic acids is 1. The summed E-state index contributed by atoms with van der Waals surface area (Å²) >= 11 is 3.79. The zero-order valence-corrected chi connectivity index (χ0v) is 14.9. The predicted octanol–water partition coefficient (Wildman–Crippen LogP) is 3.59. The molecule has 0 bridgehead atoms. The molecule has 2 saturated heterocycles. The summed E-state index contributed by atoms with van der Waals surface area (Å²) in [6, 6.07) is 0.508. The molecule has 4 heteroatoms. The van der Waals surface area contributed by atoms with Gasteiger partial charge in [0.2, 0.25) is 5.91 Å². The third-order valence-corrected chi connectivity index (χ3v) is 7.04. The quantitative estimate of drug-likeness (QED) is 0.568. The van der Waals surface area contributed by atoms with Gasteiger partial charge in [-0.15, -0.1) is 0 Å². The highest BCUT2D eigenvalue weighted by molar-refractivity contribution is 9.09. The predicted molar refractivity (Wildman–Crippen MR) is 91.8 cm³/mol. The first kappa shape index (κ1) is 15.2. The molecule has 0 aromatic rings. The smallest absolute Gasteiger partial charge is 0.226 e. The second-order valence-electron chi connectivity index (χ2n) is 7.62. The lowest BCUT2D eigenvalue weighted by Gasteiger charge is -2.45. The molecule has 4 aliphatic rings. The molecule has 2 aliphatic heterocycles. The average Bonchev–Trinajstić information content (AvgIpc) is 2.91. The van der Waals surface area contributed by atoms with Gasteiger partial charge >= 0.3 is 0 Å². The van der Waals surface area contributed by atoms with Crippen molar-refractivity contribution in [3.8, 4) is 0 Å². The highest BCUT2D eigenvalue weighted by atomic mass is 79.9. The van der Waals surface area contributed by atoms with Gasteiger partial charge in [-0.3, -0.25) is 9.69 Å². The van der Waals surface area contributed by atoms with Gasteiger partial charge in [0.05, 0.1) is 5.92 Å². The van der Waals surface area contributed by atoms with Crippen molar-refractivity contribution in [3.05, 3.63) is 11.6 Å². The minimum atomic E-state index is 0.211. The fraction of sp³-hybridized carbons (Fsp3) is 0.833. The molecule has 22 heavy (non-hydrogen) atoms. The molecule has 4 rings (SSSR count). The largest absolute Gasteiger partial charge is 0.336 e. The fourth-order valence-corrected chi connectivity index (χ4v) is 5.92. The minimum Gasteiger partial charge on any atom is -0.336 e. The lowest BCUT2D eigenvalue weighted by molar-refractivity contribution is -0.135. The standard InChI is InChI=1S/C18H27BrN2O/c19-14-5-3-4-12(11-14)10-13-8-9-21-16-7-2-1-6-15(16)18(22)20-17(13)21/h10,12,14-17H,1-9,11H2,(H,20,22)/b13-10+. The molecule has 5 atom stereocenters.